The molecule has 1 aromatic carbocycles. The molecule has 0 aliphatic carbocycles. The summed E-state index contributed by atoms with van der Waals surface area (Å²) in [5.74, 6) is -1.81. The molecule has 0 spiro atoms. The fourth-order valence-electron chi connectivity index (χ4n) is 3.13. The molecular formula is C17H20N4O6S. The highest BCUT2D eigenvalue weighted by Gasteiger charge is 2.25. The van der Waals surface area contributed by atoms with Gasteiger partial charge in [-0.05, 0) is 36.7 Å². The number of carbonyl (C=O) groups excluding carboxylic acids is 1. The minimum absolute atomic E-state index is 0.155. The van der Waals surface area contributed by atoms with Crippen molar-refractivity contribution in [2.24, 2.45) is 5.14 Å². The second-order valence-electron chi connectivity index (χ2n) is 6.44. The van der Waals surface area contributed by atoms with Crippen LogP contribution in [-0.2, 0) is 10.2 Å². The summed E-state index contributed by atoms with van der Waals surface area (Å²) in [5.41, 5.74) is 0.412. The second kappa shape index (κ2) is 7.72. The standard InChI is InChI=1S/C17H20N4O6S/c18-28(26,27)21-8-6-12(15(21)17(24)25)10-1-3-11(4-2-10)16(23)20-13-5-7-19-9-14(13)22/h1-4,6,8,13-14,19,22H,5,7,9H2,(H,20,23)(H,24,25)(H2,18,26,27)/t13-,14-/m1/s1. The molecule has 10 nitrogen and oxygen atoms in total. The number of nitrogens with two attached hydrogens (primary N) is 1. The topological polar surface area (TPSA) is 164 Å². The van der Waals surface area contributed by atoms with E-state index in [1.165, 1.54) is 30.3 Å². The molecule has 2 heterocycles. The summed E-state index contributed by atoms with van der Waals surface area (Å²) in [6.45, 7) is 1.10. The predicted octanol–water partition coefficient (Wildman–Crippen LogP) is -0.642. The van der Waals surface area contributed by atoms with E-state index in [1.807, 2.05) is 0 Å². The molecule has 0 unspecified atom stereocenters. The third kappa shape index (κ3) is 4.07. The first kappa shape index (κ1) is 20.0. The number of benzene rings is 1. The molecule has 1 saturated heterocycles. The summed E-state index contributed by atoms with van der Waals surface area (Å²) in [5, 5.41) is 30.1. The van der Waals surface area contributed by atoms with E-state index < -0.39 is 28.0 Å². The first-order chi connectivity index (χ1) is 13.2. The number of aromatic carboxylic acids is 1. The Labute approximate surface area is 161 Å². The number of hydrogen-bond donors (Lipinski definition) is 5. The van der Waals surface area contributed by atoms with Crippen molar-refractivity contribution < 1.29 is 28.2 Å². The number of aromatic nitrogens is 1. The SMILES string of the molecule is NS(=O)(=O)n1ccc(-c2ccc(C(=O)N[C@@H]3CCNC[C@H]3O)cc2)c1C(=O)O. The quantitative estimate of drug-likeness (QED) is 0.439. The van der Waals surface area contributed by atoms with Gasteiger partial charge in [-0.2, -0.15) is 8.42 Å². The Morgan fingerprint density at radius 1 is 1.21 bits per heavy atom. The predicted molar refractivity (Wildman–Crippen MR) is 100 cm³/mol. The number of hydrogen-bond acceptors (Lipinski definition) is 6. The monoisotopic (exact) mass is 408 g/mol. The Kier molecular flexibility index (Phi) is 5.52. The first-order valence-electron chi connectivity index (χ1n) is 8.46. The van der Waals surface area contributed by atoms with Gasteiger partial charge in [-0.3, -0.25) is 4.79 Å². The van der Waals surface area contributed by atoms with Gasteiger partial charge in [-0.1, -0.05) is 12.1 Å². The van der Waals surface area contributed by atoms with Gasteiger partial charge in [0.05, 0.1) is 12.1 Å². The van der Waals surface area contributed by atoms with Crippen LogP contribution in [-0.4, -0.2) is 59.7 Å². The van der Waals surface area contributed by atoms with Crippen LogP contribution in [0.15, 0.2) is 36.5 Å². The smallest absolute Gasteiger partial charge is 0.354 e. The molecule has 6 N–H and O–H groups in total. The summed E-state index contributed by atoms with van der Waals surface area (Å²) in [7, 11) is -4.27. The van der Waals surface area contributed by atoms with Gasteiger partial charge in [0.15, 0.2) is 5.69 Å². The van der Waals surface area contributed by atoms with Crippen LogP contribution in [0.25, 0.3) is 11.1 Å². The van der Waals surface area contributed by atoms with E-state index >= 15 is 0 Å². The minimum Gasteiger partial charge on any atom is -0.477 e. The molecule has 1 amide bonds. The van der Waals surface area contributed by atoms with Crippen LogP contribution in [0.1, 0.15) is 27.3 Å². The summed E-state index contributed by atoms with van der Waals surface area (Å²) < 4.78 is 23.6. The summed E-state index contributed by atoms with van der Waals surface area (Å²) in [6, 6.07) is 7.01. The molecule has 2 aromatic rings. The number of aliphatic hydroxyl groups is 1. The molecule has 0 saturated carbocycles. The Balaban J connectivity index is 1.84. The molecule has 1 aromatic heterocycles. The number of rotatable bonds is 5. The highest BCUT2D eigenvalue weighted by atomic mass is 32.2. The lowest BCUT2D eigenvalue weighted by Gasteiger charge is -2.29. The molecule has 2 atom stereocenters. The number of carboxylic acids is 1. The van der Waals surface area contributed by atoms with Crippen LogP contribution in [0, 0.1) is 0 Å². The van der Waals surface area contributed by atoms with Crippen LogP contribution < -0.4 is 15.8 Å². The Bertz CT molecular complexity index is 999. The van der Waals surface area contributed by atoms with Gasteiger partial charge in [0.25, 0.3) is 5.91 Å². The van der Waals surface area contributed by atoms with Crippen LogP contribution in [0.5, 0.6) is 0 Å². The van der Waals surface area contributed by atoms with Gasteiger partial charge < -0.3 is 20.8 Å². The van der Waals surface area contributed by atoms with E-state index in [4.69, 9.17) is 5.14 Å². The Morgan fingerprint density at radius 2 is 1.89 bits per heavy atom. The largest absolute Gasteiger partial charge is 0.477 e. The van der Waals surface area contributed by atoms with E-state index in [2.05, 4.69) is 10.6 Å². The van der Waals surface area contributed by atoms with Gasteiger partial charge in [0.2, 0.25) is 0 Å². The number of aliphatic hydroxyl groups excluding tert-OH is 1. The maximum atomic E-state index is 12.4. The molecule has 11 heteroatoms. The zero-order valence-electron chi connectivity index (χ0n) is 14.7. The van der Waals surface area contributed by atoms with Crippen molar-refractivity contribution in [3.63, 3.8) is 0 Å². The Hall–Kier alpha value is -2.73. The van der Waals surface area contributed by atoms with Crippen molar-refractivity contribution >= 4 is 22.1 Å². The summed E-state index contributed by atoms with van der Waals surface area (Å²) in [6.07, 6.45) is 0.995. The molecule has 3 rings (SSSR count). The first-order valence-corrected chi connectivity index (χ1v) is 9.97. The lowest BCUT2D eigenvalue weighted by Crippen LogP contribution is -2.52. The van der Waals surface area contributed by atoms with Crippen molar-refractivity contribution in [1.29, 1.82) is 0 Å². The van der Waals surface area contributed by atoms with Gasteiger partial charge >= 0.3 is 16.2 Å². The van der Waals surface area contributed by atoms with Crippen molar-refractivity contribution in [1.82, 2.24) is 14.6 Å². The number of carbonyl (C=O) groups is 2. The molecular weight excluding hydrogens is 388 g/mol. The molecule has 1 aliphatic heterocycles. The third-order valence-corrected chi connectivity index (χ3v) is 5.41. The maximum Gasteiger partial charge on any atom is 0.354 e. The van der Waals surface area contributed by atoms with Crippen LogP contribution in [0.4, 0.5) is 0 Å². The normalized spacial score (nSPS) is 19.9. The van der Waals surface area contributed by atoms with Gasteiger partial charge in [0.1, 0.15) is 0 Å². The number of piperidine rings is 1. The number of β-amino-alcohol motifs (C(OH)–C–C–N with tert-alkyl or cyclic N) is 1. The number of carboxylic acid groups (broad SMARTS) is 1. The van der Waals surface area contributed by atoms with Gasteiger partial charge in [-0.15, -0.1) is 0 Å². The molecule has 28 heavy (non-hydrogen) atoms. The molecule has 1 fully saturated rings. The van der Waals surface area contributed by atoms with Gasteiger partial charge in [-0.25, -0.2) is 13.9 Å². The zero-order valence-corrected chi connectivity index (χ0v) is 15.5. The summed E-state index contributed by atoms with van der Waals surface area (Å²) >= 11 is 0. The molecule has 0 radical (unpaired) electrons. The van der Waals surface area contributed by atoms with Crippen LogP contribution in [0.3, 0.4) is 0 Å². The average Bonchev–Trinajstić information content (AvgIpc) is 3.09. The van der Waals surface area contributed by atoms with Crippen molar-refractivity contribution in [3.05, 3.63) is 47.8 Å². The van der Waals surface area contributed by atoms with E-state index in [9.17, 15) is 28.2 Å². The van der Waals surface area contributed by atoms with Crippen molar-refractivity contribution in [3.8, 4) is 11.1 Å². The zero-order chi connectivity index (χ0) is 20.5. The summed E-state index contributed by atoms with van der Waals surface area (Å²) in [4.78, 5) is 23.9. The molecule has 150 valence electrons. The maximum absolute atomic E-state index is 12.4. The minimum atomic E-state index is -4.27. The number of nitrogens with zero attached hydrogens (tertiary/aromatic N) is 1. The second-order valence-corrected chi connectivity index (χ2v) is 7.86. The van der Waals surface area contributed by atoms with Crippen LogP contribution in [0.2, 0.25) is 0 Å². The lowest BCUT2D eigenvalue weighted by atomic mass is 10.0. The van der Waals surface area contributed by atoms with Gasteiger partial charge in [0, 0.05) is 23.9 Å². The van der Waals surface area contributed by atoms with E-state index in [0.29, 0.717) is 34.6 Å². The lowest BCUT2D eigenvalue weighted by molar-refractivity contribution is 0.0689. The Morgan fingerprint density at radius 3 is 2.46 bits per heavy atom. The van der Waals surface area contributed by atoms with Crippen LogP contribution >= 0.6 is 0 Å². The fourth-order valence-corrected chi connectivity index (χ4v) is 3.79. The van der Waals surface area contributed by atoms with E-state index in [1.54, 1.807) is 0 Å². The fraction of sp³-hybridized carbons (Fsp3) is 0.294. The van der Waals surface area contributed by atoms with E-state index in [-0.39, 0.29) is 17.5 Å². The van der Waals surface area contributed by atoms with Crippen molar-refractivity contribution in [2.75, 3.05) is 13.1 Å². The average molecular weight is 408 g/mol. The number of nitrogens with one attached hydrogen (secondary N) is 2. The highest BCUT2D eigenvalue weighted by Crippen LogP contribution is 2.26. The highest BCUT2D eigenvalue weighted by molar-refractivity contribution is 7.87. The number of amides is 1. The van der Waals surface area contributed by atoms with Crippen molar-refractivity contribution in [2.45, 2.75) is 18.6 Å². The molecule has 0 bridgehead atoms. The molecule has 1 aliphatic rings. The third-order valence-electron chi connectivity index (χ3n) is 4.55. The van der Waals surface area contributed by atoms with E-state index in [0.717, 1.165) is 6.20 Å².